The molecule has 144 valence electrons. The molecule has 28 heavy (non-hydrogen) atoms. The number of aromatic nitrogens is 2. The third-order valence-corrected chi connectivity index (χ3v) is 5.66. The van der Waals surface area contributed by atoms with Crippen LogP contribution in [0, 0.1) is 0 Å². The summed E-state index contributed by atoms with van der Waals surface area (Å²) in [4.78, 5) is 25.5. The largest absolute Gasteiger partial charge is 0.422 e. The van der Waals surface area contributed by atoms with Crippen molar-refractivity contribution in [3.8, 4) is 0 Å². The predicted molar refractivity (Wildman–Crippen MR) is 105 cm³/mol. The first kappa shape index (κ1) is 17.2. The first-order valence-corrected chi connectivity index (χ1v) is 9.56. The Morgan fingerprint density at radius 2 is 1.82 bits per heavy atom. The van der Waals surface area contributed by atoms with Crippen molar-refractivity contribution in [2.45, 2.75) is 12.3 Å². The van der Waals surface area contributed by atoms with Gasteiger partial charge in [0.05, 0.1) is 13.2 Å². The molecule has 0 aliphatic carbocycles. The molecule has 3 aromatic rings. The molecule has 2 aliphatic rings. The van der Waals surface area contributed by atoms with Gasteiger partial charge in [-0.3, -0.25) is 4.79 Å². The van der Waals surface area contributed by atoms with E-state index in [-0.39, 0.29) is 11.3 Å². The van der Waals surface area contributed by atoms with E-state index in [2.05, 4.69) is 33.9 Å². The standard InChI is InChI=1S/C21H22N4O3/c1-21(13-27-14-21)16-6-4-15(5-7-16)19(26)24-9-11-25(12-10-24)20-23-18-17(28-20)3-2-8-22-18/h2-8H,9-14H2,1H3. The number of amides is 1. The van der Waals surface area contributed by atoms with Crippen LogP contribution in [0.5, 0.6) is 0 Å². The van der Waals surface area contributed by atoms with Gasteiger partial charge in [-0.15, -0.1) is 0 Å². The monoisotopic (exact) mass is 378 g/mol. The van der Waals surface area contributed by atoms with Crippen LogP contribution < -0.4 is 4.90 Å². The molecule has 2 saturated heterocycles. The molecule has 7 heteroatoms. The van der Waals surface area contributed by atoms with E-state index in [1.54, 1.807) is 6.20 Å². The lowest BCUT2D eigenvalue weighted by Gasteiger charge is -2.38. The maximum Gasteiger partial charge on any atom is 0.300 e. The molecule has 0 N–H and O–H groups in total. The summed E-state index contributed by atoms with van der Waals surface area (Å²) in [6.07, 6.45) is 1.70. The van der Waals surface area contributed by atoms with Crippen LogP contribution in [0.3, 0.4) is 0 Å². The van der Waals surface area contributed by atoms with Crippen LogP contribution in [0.4, 0.5) is 6.01 Å². The van der Waals surface area contributed by atoms with E-state index in [0.717, 1.165) is 18.8 Å². The third kappa shape index (κ3) is 2.92. The number of benzene rings is 1. The highest BCUT2D eigenvalue weighted by atomic mass is 16.5. The van der Waals surface area contributed by atoms with E-state index >= 15 is 0 Å². The Morgan fingerprint density at radius 1 is 1.07 bits per heavy atom. The van der Waals surface area contributed by atoms with Crippen LogP contribution in [-0.4, -0.2) is 60.2 Å². The topological polar surface area (TPSA) is 71.7 Å². The van der Waals surface area contributed by atoms with E-state index in [1.807, 2.05) is 29.2 Å². The summed E-state index contributed by atoms with van der Waals surface area (Å²) in [6.45, 7) is 6.32. The van der Waals surface area contributed by atoms with Gasteiger partial charge in [0.15, 0.2) is 5.58 Å². The number of fused-ring (bicyclic) bond motifs is 1. The lowest BCUT2D eigenvalue weighted by Crippen LogP contribution is -2.49. The quantitative estimate of drug-likeness (QED) is 0.697. The van der Waals surface area contributed by atoms with Gasteiger partial charge in [-0.1, -0.05) is 19.1 Å². The molecule has 0 bridgehead atoms. The average Bonchev–Trinajstić information content (AvgIpc) is 3.16. The summed E-state index contributed by atoms with van der Waals surface area (Å²) in [6, 6.07) is 12.2. The Bertz CT molecular complexity index is 969. The van der Waals surface area contributed by atoms with Crippen molar-refractivity contribution in [1.82, 2.24) is 14.9 Å². The van der Waals surface area contributed by atoms with Crippen LogP contribution >= 0.6 is 0 Å². The summed E-state index contributed by atoms with van der Waals surface area (Å²) >= 11 is 0. The Labute approximate surface area is 162 Å². The number of ether oxygens (including phenoxy) is 1. The molecular weight excluding hydrogens is 356 g/mol. The van der Waals surface area contributed by atoms with Crippen molar-refractivity contribution < 1.29 is 13.9 Å². The molecule has 0 saturated carbocycles. The van der Waals surface area contributed by atoms with Crippen LogP contribution in [-0.2, 0) is 10.2 Å². The number of rotatable bonds is 3. The molecule has 2 aromatic heterocycles. The number of hydrogen-bond donors (Lipinski definition) is 0. The number of hydrogen-bond acceptors (Lipinski definition) is 6. The molecule has 2 aliphatic heterocycles. The fraction of sp³-hybridized carbons (Fsp3) is 0.381. The van der Waals surface area contributed by atoms with Crippen LogP contribution in [0.25, 0.3) is 11.2 Å². The highest BCUT2D eigenvalue weighted by Gasteiger charge is 2.35. The fourth-order valence-corrected chi connectivity index (χ4v) is 3.77. The Kier molecular flexibility index (Phi) is 4.05. The lowest BCUT2D eigenvalue weighted by molar-refractivity contribution is -0.0500. The van der Waals surface area contributed by atoms with Gasteiger partial charge in [0.1, 0.15) is 0 Å². The first-order valence-electron chi connectivity index (χ1n) is 9.56. The second-order valence-corrected chi connectivity index (χ2v) is 7.73. The summed E-state index contributed by atoms with van der Waals surface area (Å²) < 4.78 is 11.1. The minimum Gasteiger partial charge on any atom is -0.422 e. The van der Waals surface area contributed by atoms with Gasteiger partial charge < -0.3 is 19.0 Å². The van der Waals surface area contributed by atoms with Gasteiger partial charge in [-0.25, -0.2) is 4.98 Å². The number of pyridine rings is 1. The summed E-state index contributed by atoms with van der Waals surface area (Å²) in [7, 11) is 0. The zero-order chi connectivity index (χ0) is 19.1. The molecule has 4 heterocycles. The maximum atomic E-state index is 12.9. The number of piperazine rings is 1. The number of nitrogens with zero attached hydrogens (tertiary/aromatic N) is 4. The molecule has 0 atom stereocenters. The smallest absolute Gasteiger partial charge is 0.300 e. The third-order valence-electron chi connectivity index (χ3n) is 5.66. The first-order chi connectivity index (χ1) is 13.6. The van der Waals surface area contributed by atoms with E-state index in [1.165, 1.54) is 5.56 Å². The van der Waals surface area contributed by atoms with Crippen molar-refractivity contribution in [1.29, 1.82) is 0 Å². The maximum absolute atomic E-state index is 12.9. The van der Waals surface area contributed by atoms with Crippen molar-refractivity contribution in [2.24, 2.45) is 0 Å². The predicted octanol–water partition coefficient (Wildman–Crippen LogP) is 2.47. The van der Waals surface area contributed by atoms with E-state index < -0.39 is 0 Å². The van der Waals surface area contributed by atoms with Gasteiger partial charge in [0.25, 0.3) is 11.9 Å². The number of carbonyl (C=O) groups is 1. The van der Waals surface area contributed by atoms with E-state index in [0.29, 0.717) is 43.4 Å². The van der Waals surface area contributed by atoms with Crippen molar-refractivity contribution in [2.75, 3.05) is 44.3 Å². The van der Waals surface area contributed by atoms with Gasteiger partial charge in [-0.2, -0.15) is 4.98 Å². The minimum absolute atomic E-state index is 0.0699. The zero-order valence-electron chi connectivity index (χ0n) is 15.8. The molecule has 5 rings (SSSR count). The van der Waals surface area contributed by atoms with Gasteiger partial charge in [0.2, 0.25) is 5.65 Å². The van der Waals surface area contributed by atoms with E-state index in [9.17, 15) is 4.79 Å². The molecule has 1 aromatic carbocycles. The van der Waals surface area contributed by atoms with Gasteiger partial charge >= 0.3 is 0 Å². The van der Waals surface area contributed by atoms with Crippen LogP contribution in [0.15, 0.2) is 47.0 Å². The Hall–Kier alpha value is -2.93. The second kappa shape index (κ2) is 6.60. The lowest BCUT2D eigenvalue weighted by atomic mass is 9.80. The van der Waals surface area contributed by atoms with Crippen molar-refractivity contribution in [3.63, 3.8) is 0 Å². The number of carbonyl (C=O) groups excluding carboxylic acids is 1. The fourth-order valence-electron chi connectivity index (χ4n) is 3.77. The molecule has 7 nitrogen and oxygen atoms in total. The average molecular weight is 378 g/mol. The van der Waals surface area contributed by atoms with Crippen LogP contribution in [0.2, 0.25) is 0 Å². The summed E-state index contributed by atoms with van der Waals surface area (Å²) in [5, 5.41) is 0. The number of anilines is 1. The number of oxazole rings is 1. The molecule has 0 spiro atoms. The molecule has 0 radical (unpaired) electrons. The van der Waals surface area contributed by atoms with Crippen molar-refractivity contribution in [3.05, 3.63) is 53.7 Å². The molecule has 0 unspecified atom stereocenters. The Balaban J connectivity index is 1.24. The normalized spacial score (nSPS) is 18.9. The van der Waals surface area contributed by atoms with Crippen molar-refractivity contribution >= 4 is 23.2 Å². The van der Waals surface area contributed by atoms with Gasteiger partial charge in [-0.05, 0) is 29.8 Å². The highest BCUT2D eigenvalue weighted by Crippen LogP contribution is 2.31. The molecule has 2 fully saturated rings. The highest BCUT2D eigenvalue weighted by molar-refractivity contribution is 5.94. The van der Waals surface area contributed by atoms with E-state index in [4.69, 9.17) is 9.15 Å². The van der Waals surface area contributed by atoms with Crippen LogP contribution in [0.1, 0.15) is 22.8 Å². The summed E-state index contributed by atoms with van der Waals surface area (Å²) in [5.41, 5.74) is 3.34. The molecular formula is C21H22N4O3. The Morgan fingerprint density at radius 3 is 2.46 bits per heavy atom. The second-order valence-electron chi connectivity index (χ2n) is 7.73. The SMILES string of the molecule is CC1(c2ccc(C(=O)N3CCN(c4nc5ncccc5o4)CC3)cc2)COC1. The minimum atomic E-state index is 0.0699. The molecule has 1 amide bonds. The summed E-state index contributed by atoms with van der Waals surface area (Å²) in [5.74, 6) is 0.0699. The van der Waals surface area contributed by atoms with Gasteiger partial charge in [0, 0.05) is 43.4 Å². The zero-order valence-corrected chi connectivity index (χ0v) is 15.8.